The van der Waals surface area contributed by atoms with E-state index < -0.39 is 10.8 Å². The summed E-state index contributed by atoms with van der Waals surface area (Å²) in [7, 11) is 1.46. The number of methoxy groups -OCH3 is 1. The molecule has 0 spiro atoms. The molecule has 1 amide bonds. The lowest BCUT2D eigenvalue weighted by Gasteiger charge is -2.12. The number of ether oxygens (including phenoxy) is 1. The van der Waals surface area contributed by atoms with Crippen LogP contribution in [0.2, 0.25) is 0 Å². The first kappa shape index (κ1) is 17.4. The number of rotatable bonds is 4. The van der Waals surface area contributed by atoms with Gasteiger partial charge in [0.15, 0.2) is 0 Å². The van der Waals surface area contributed by atoms with E-state index in [0.29, 0.717) is 31.5 Å². The largest absolute Gasteiger partial charge is 0.495 e. The lowest BCUT2D eigenvalue weighted by Crippen LogP contribution is -2.13. The second-order valence-corrected chi connectivity index (χ2v) is 6.45. The van der Waals surface area contributed by atoms with Crippen LogP contribution < -0.4 is 10.1 Å². The summed E-state index contributed by atoms with van der Waals surface area (Å²) in [4.78, 5) is 23.0. The van der Waals surface area contributed by atoms with Gasteiger partial charge < -0.3 is 10.1 Å². The summed E-state index contributed by atoms with van der Waals surface area (Å²) in [5.41, 5.74) is 1.11. The summed E-state index contributed by atoms with van der Waals surface area (Å²) in [6.45, 7) is 1.64. The van der Waals surface area contributed by atoms with Gasteiger partial charge in [0.05, 0.1) is 22.1 Å². The van der Waals surface area contributed by atoms with Crippen molar-refractivity contribution in [1.29, 1.82) is 0 Å². The van der Waals surface area contributed by atoms with Crippen molar-refractivity contribution in [2.75, 3.05) is 12.4 Å². The SMILES string of the molecule is COc1c(Br)cc(Br)cc1C(=O)Nc1ccc(C)c([N+](=O)[O-])c1. The number of hydrogen-bond donors (Lipinski definition) is 1. The van der Waals surface area contributed by atoms with Crippen LogP contribution in [0.5, 0.6) is 5.75 Å². The van der Waals surface area contributed by atoms with Crippen LogP contribution in [-0.4, -0.2) is 17.9 Å². The van der Waals surface area contributed by atoms with Gasteiger partial charge >= 0.3 is 0 Å². The molecular formula is C15H12Br2N2O4. The average molecular weight is 444 g/mol. The Morgan fingerprint density at radius 1 is 1.26 bits per heavy atom. The Labute approximate surface area is 149 Å². The predicted octanol–water partition coefficient (Wildman–Crippen LogP) is 4.69. The van der Waals surface area contributed by atoms with Crippen LogP contribution >= 0.6 is 31.9 Å². The van der Waals surface area contributed by atoms with Gasteiger partial charge in [-0.15, -0.1) is 0 Å². The minimum Gasteiger partial charge on any atom is -0.495 e. The Balaban J connectivity index is 2.37. The number of amides is 1. The third-order valence-electron chi connectivity index (χ3n) is 3.12. The zero-order chi connectivity index (χ0) is 17.1. The van der Waals surface area contributed by atoms with Crippen molar-refractivity contribution in [3.8, 4) is 5.75 Å². The van der Waals surface area contributed by atoms with E-state index in [4.69, 9.17) is 4.74 Å². The first-order valence-corrected chi connectivity index (χ1v) is 8.01. The average Bonchev–Trinajstić information content (AvgIpc) is 2.48. The summed E-state index contributed by atoms with van der Waals surface area (Å²) < 4.78 is 6.55. The zero-order valence-electron chi connectivity index (χ0n) is 12.2. The first-order chi connectivity index (χ1) is 10.8. The molecule has 8 heteroatoms. The van der Waals surface area contributed by atoms with E-state index in [9.17, 15) is 14.9 Å². The second-order valence-electron chi connectivity index (χ2n) is 4.68. The zero-order valence-corrected chi connectivity index (χ0v) is 15.4. The van der Waals surface area contributed by atoms with Gasteiger partial charge in [0.1, 0.15) is 5.75 Å². The van der Waals surface area contributed by atoms with E-state index in [0.717, 1.165) is 0 Å². The molecule has 2 aromatic carbocycles. The monoisotopic (exact) mass is 442 g/mol. The van der Waals surface area contributed by atoms with Gasteiger partial charge in [-0.05, 0) is 41.1 Å². The smallest absolute Gasteiger partial charge is 0.274 e. The highest BCUT2D eigenvalue weighted by Crippen LogP contribution is 2.33. The van der Waals surface area contributed by atoms with Gasteiger partial charge in [0.25, 0.3) is 11.6 Å². The summed E-state index contributed by atoms with van der Waals surface area (Å²) >= 11 is 6.64. The van der Waals surface area contributed by atoms with Crippen LogP contribution in [0.25, 0.3) is 0 Å². The van der Waals surface area contributed by atoms with Crippen LogP contribution in [0.4, 0.5) is 11.4 Å². The quantitative estimate of drug-likeness (QED) is 0.548. The van der Waals surface area contributed by atoms with Crippen molar-refractivity contribution < 1.29 is 14.5 Å². The molecule has 1 N–H and O–H groups in total. The van der Waals surface area contributed by atoms with E-state index in [1.165, 1.54) is 13.2 Å². The Kier molecular flexibility index (Phi) is 5.38. The maximum atomic E-state index is 12.5. The number of carbonyl (C=O) groups is 1. The minimum atomic E-state index is -0.485. The molecule has 2 rings (SSSR count). The molecule has 0 atom stereocenters. The number of nitrogens with zero attached hydrogens (tertiary/aromatic N) is 1. The number of benzene rings is 2. The molecule has 0 unspecified atom stereocenters. The van der Waals surface area contributed by atoms with Crippen LogP contribution in [0, 0.1) is 17.0 Å². The summed E-state index contributed by atoms with van der Waals surface area (Å²) in [5.74, 6) is -0.0469. The Bertz CT molecular complexity index is 793. The molecule has 0 radical (unpaired) electrons. The number of nitrogens with one attached hydrogen (secondary N) is 1. The highest BCUT2D eigenvalue weighted by Gasteiger charge is 2.18. The number of anilines is 1. The molecule has 120 valence electrons. The van der Waals surface area contributed by atoms with Crippen molar-refractivity contribution in [2.24, 2.45) is 0 Å². The molecule has 6 nitrogen and oxygen atoms in total. The summed E-state index contributed by atoms with van der Waals surface area (Å²) in [5, 5.41) is 13.6. The van der Waals surface area contributed by atoms with Crippen molar-refractivity contribution in [3.63, 3.8) is 0 Å². The van der Waals surface area contributed by atoms with Gasteiger partial charge in [-0.2, -0.15) is 0 Å². The minimum absolute atomic E-state index is 0.0508. The number of nitro benzene ring substituents is 1. The van der Waals surface area contributed by atoms with E-state index in [2.05, 4.69) is 37.2 Å². The highest BCUT2D eigenvalue weighted by atomic mass is 79.9. The standard InChI is InChI=1S/C15H12Br2N2O4/c1-8-3-4-10(7-13(8)19(21)22)18-15(20)11-5-9(16)6-12(17)14(11)23-2/h3-7H,1-2H3,(H,18,20). The van der Waals surface area contributed by atoms with Gasteiger partial charge in [0, 0.05) is 21.8 Å². The van der Waals surface area contributed by atoms with Gasteiger partial charge in [0.2, 0.25) is 0 Å². The fourth-order valence-corrected chi connectivity index (χ4v) is 3.41. The maximum Gasteiger partial charge on any atom is 0.274 e. The normalized spacial score (nSPS) is 10.3. The molecule has 0 aromatic heterocycles. The maximum absolute atomic E-state index is 12.5. The number of carbonyl (C=O) groups excluding carboxylic acids is 1. The molecule has 2 aromatic rings. The fourth-order valence-electron chi connectivity index (χ4n) is 2.02. The predicted molar refractivity (Wildman–Crippen MR) is 94.2 cm³/mol. The molecule has 0 fully saturated rings. The number of halogens is 2. The van der Waals surface area contributed by atoms with E-state index in [1.807, 2.05) is 0 Å². The lowest BCUT2D eigenvalue weighted by molar-refractivity contribution is -0.385. The van der Waals surface area contributed by atoms with Crippen molar-refractivity contribution in [2.45, 2.75) is 6.92 Å². The van der Waals surface area contributed by atoms with E-state index in [-0.39, 0.29) is 5.69 Å². The van der Waals surface area contributed by atoms with Crippen molar-refractivity contribution in [1.82, 2.24) is 0 Å². The number of hydrogen-bond acceptors (Lipinski definition) is 4. The topological polar surface area (TPSA) is 81.5 Å². The summed E-state index contributed by atoms with van der Waals surface area (Å²) in [6, 6.07) is 7.89. The van der Waals surface area contributed by atoms with Crippen LogP contribution in [0.3, 0.4) is 0 Å². The van der Waals surface area contributed by atoms with Crippen molar-refractivity contribution >= 4 is 49.1 Å². The molecule has 0 aliphatic carbocycles. The third kappa shape index (κ3) is 3.89. The number of aryl methyl sites for hydroxylation is 1. The second kappa shape index (κ2) is 7.10. The molecule has 23 heavy (non-hydrogen) atoms. The Hall–Kier alpha value is -1.93. The Morgan fingerprint density at radius 2 is 1.96 bits per heavy atom. The third-order valence-corrected chi connectivity index (χ3v) is 4.17. The van der Waals surface area contributed by atoms with E-state index >= 15 is 0 Å². The number of nitro groups is 1. The van der Waals surface area contributed by atoms with Gasteiger partial charge in [-0.3, -0.25) is 14.9 Å². The fraction of sp³-hybridized carbons (Fsp3) is 0.133. The van der Waals surface area contributed by atoms with E-state index in [1.54, 1.807) is 31.2 Å². The molecule has 0 aliphatic rings. The van der Waals surface area contributed by atoms with Crippen LogP contribution in [-0.2, 0) is 0 Å². The van der Waals surface area contributed by atoms with Gasteiger partial charge in [-0.25, -0.2) is 0 Å². The first-order valence-electron chi connectivity index (χ1n) is 6.43. The molecule has 0 bridgehead atoms. The van der Waals surface area contributed by atoms with Crippen LogP contribution in [0.15, 0.2) is 39.3 Å². The highest BCUT2D eigenvalue weighted by molar-refractivity contribution is 9.11. The molecule has 0 aliphatic heterocycles. The van der Waals surface area contributed by atoms with Crippen molar-refractivity contribution in [3.05, 3.63) is 60.5 Å². The molecule has 0 heterocycles. The van der Waals surface area contributed by atoms with Gasteiger partial charge in [-0.1, -0.05) is 22.0 Å². The molecule has 0 saturated carbocycles. The molecule has 0 saturated heterocycles. The Morgan fingerprint density at radius 3 is 2.57 bits per heavy atom. The lowest BCUT2D eigenvalue weighted by atomic mass is 10.1. The van der Waals surface area contributed by atoms with Crippen LogP contribution in [0.1, 0.15) is 15.9 Å². The molecular weight excluding hydrogens is 432 g/mol. The summed E-state index contributed by atoms with van der Waals surface area (Å²) in [6.07, 6.45) is 0.